The lowest BCUT2D eigenvalue weighted by Crippen LogP contribution is -2.28. The van der Waals surface area contributed by atoms with Crippen LogP contribution in [-0.2, 0) is 4.79 Å². The topological polar surface area (TPSA) is 55.1 Å². The Morgan fingerprint density at radius 2 is 2.09 bits per heavy atom. The summed E-state index contributed by atoms with van der Waals surface area (Å²) in [5.41, 5.74) is 5.17. The molecule has 0 aliphatic rings. The highest BCUT2D eigenvalue weighted by Crippen LogP contribution is 1.87. The number of amides is 1. The molecule has 0 bridgehead atoms. The van der Waals surface area contributed by atoms with E-state index in [0.29, 0.717) is 18.9 Å². The van der Waals surface area contributed by atoms with Crippen molar-refractivity contribution in [1.29, 1.82) is 0 Å². The minimum Gasteiger partial charge on any atom is -0.356 e. The Morgan fingerprint density at radius 1 is 1.55 bits per heavy atom. The van der Waals surface area contributed by atoms with Gasteiger partial charge in [-0.3, -0.25) is 4.79 Å². The number of halogens is 1. The third-order valence-electron chi connectivity index (χ3n) is 1.08. The number of hydrogen-bond acceptors (Lipinski definition) is 2. The van der Waals surface area contributed by atoms with Gasteiger partial charge in [-0.15, -0.1) is 12.4 Å². The molecule has 0 aromatic heterocycles. The van der Waals surface area contributed by atoms with Crippen LogP contribution in [0, 0.1) is 5.92 Å². The smallest absolute Gasteiger partial charge is 0.221 e. The van der Waals surface area contributed by atoms with E-state index in [4.69, 9.17) is 5.73 Å². The Balaban J connectivity index is 0. The zero-order valence-corrected chi connectivity index (χ0v) is 7.91. The number of rotatable bonds is 4. The lowest BCUT2D eigenvalue weighted by molar-refractivity contribution is -0.121. The summed E-state index contributed by atoms with van der Waals surface area (Å²) in [5, 5.41) is 2.76. The molecule has 0 aromatic rings. The van der Waals surface area contributed by atoms with E-state index in [1.165, 1.54) is 0 Å². The van der Waals surface area contributed by atoms with Crippen LogP contribution >= 0.6 is 12.4 Å². The van der Waals surface area contributed by atoms with E-state index >= 15 is 0 Å². The van der Waals surface area contributed by atoms with E-state index in [2.05, 4.69) is 19.2 Å². The second-order valence-electron chi connectivity index (χ2n) is 2.74. The normalized spacial score (nSPS) is 9.09. The summed E-state index contributed by atoms with van der Waals surface area (Å²) in [6.07, 6.45) is 0.437. The molecule has 11 heavy (non-hydrogen) atoms. The maximum Gasteiger partial charge on any atom is 0.221 e. The van der Waals surface area contributed by atoms with Gasteiger partial charge in [-0.1, -0.05) is 13.8 Å². The van der Waals surface area contributed by atoms with E-state index < -0.39 is 0 Å². The Hall–Kier alpha value is -0.280. The monoisotopic (exact) mass is 180 g/mol. The fourth-order valence-corrected chi connectivity index (χ4v) is 0.537. The van der Waals surface area contributed by atoms with Crippen LogP contribution in [0.5, 0.6) is 0 Å². The largest absolute Gasteiger partial charge is 0.356 e. The van der Waals surface area contributed by atoms with Crippen LogP contribution in [0.4, 0.5) is 0 Å². The van der Waals surface area contributed by atoms with Crippen LogP contribution in [0.2, 0.25) is 0 Å². The predicted octanol–water partition coefficient (Wildman–Crippen LogP) is 0.529. The fraction of sp³-hybridized carbons (Fsp3) is 0.857. The molecular formula is C7H17ClN2O. The van der Waals surface area contributed by atoms with Gasteiger partial charge in [0.05, 0.1) is 0 Å². The third kappa shape index (κ3) is 9.72. The van der Waals surface area contributed by atoms with Crippen LogP contribution < -0.4 is 11.1 Å². The summed E-state index contributed by atoms with van der Waals surface area (Å²) in [6.45, 7) is 5.30. The minimum absolute atomic E-state index is 0. The van der Waals surface area contributed by atoms with Gasteiger partial charge >= 0.3 is 0 Å². The molecule has 0 spiro atoms. The van der Waals surface area contributed by atoms with Crippen LogP contribution in [0.3, 0.4) is 0 Å². The van der Waals surface area contributed by atoms with Gasteiger partial charge in [-0.05, 0) is 5.92 Å². The Labute approximate surface area is 74.1 Å². The Morgan fingerprint density at radius 3 is 2.45 bits per heavy atom. The molecule has 0 aromatic carbocycles. The van der Waals surface area contributed by atoms with Crippen molar-refractivity contribution in [2.45, 2.75) is 20.3 Å². The predicted molar refractivity (Wildman–Crippen MR) is 48.8 cm³/mol. The number of nitrogens with two attached hydrogens (primary N) is 1. The van der Waals surface area contributed by atoms with Crippen molar-refractivity contribution in [2.24, 2.45) is 11.7 Å². The van der Waals surface area contributed by atoms with E-state index in [9.17, 15) is 4.79 Å². The molecule has 0 fully saturated rings. The summed E-state index contributed by atoms with van der Waals surface area (Å²) in [5.74, 6) is 0.568. The Kier molecular flexibility index (Phi) is 9.47. The van der Waals surface area contributed by atoms with E-state index in [1.54, 1.807) is 0 Å². The van der Waals surface area contributed by atoms with E-state index in [0.717, 1.165) is 6.54 Å². The van der Waals surface area contributed by atoms with Crippen molar-refractivity contribution in [3.8, 4) is 0 Å². The zero-order chi connectivity index (χ0) is 7.98. The summed E-state index contributed by atoms with van der Waals surface area (Å²) >= 11 is 0. The number of carbonyl (C=O) groups excluding carboxylic acids is 1. The molecule has 0 saturated carbocycles. The first kappa shape index (κ1) is 13.3. The summed E-state index contributed by atoms with van der Waals surface area (Å²) in [4.78, 5) is 10.8. The van der Waals surface area contributed by atoms with Crippen molar-refractivity contribution in [2.75, 3.05) is 13.1 Å². The molecule has 68 valence electrons. The molecule has 0 heterocycles. The van der Waals surface area contributed by atoms with Crippen molar-refractivity contribution in [3.05, 3.63) is 0 Å². The number of carbonyl (C=O) groups is 1. The first-order valence-corrected chi connectivity index (χ1v) is 3.63. The molecule has 0 saturated heterocycles. The van der Waals surface area contributed by atoms with Gasteiger partial charge in [0.25, 0.3) is 0 Å². The lowest BCUT2D eigenvalue weighted by atomic mass is 10.2. The SMILES string of the molecule is CC(C)CNC(=O)CCN.Cl. The number of hydrogen-bond donors (Lipinski definition) is 2. The van der Waals surface area contributed by atoms with Gasteiger partial charge in [0.2, 0.25) is 5.91 Å². The van der Waals surface area contributed by atoms with Gasteiger partial charge in [-0.25, -0.2) is 0 Å². The van der Waals surface area contributed by atoms with Crippen molar-refractivity contribution < 1.29 is 4.79 Å². The molecule has 0 unspecified atom stereocenters. The van der Waals surface area contributed by atoms with Crippen LogP contribution in [0.1, 0.15) is 20.3 Å². The molecule has 3 N–H and O–H groups in total. The van der Waals surface area contributed by atoms with Crippen molar-refractivity contribution >= 4 is 18.3 Å². The van der Waals surface area contributed by atoms with Crippen molar-refractivity contribution in [3.63, 3.8) is 0 Å². The molecule has 0 aliphatic heterocycles. The maximum atomic E-state index is 10.8. The molecular weight excluding hydrogens is 164 g/mol. The van der Waals surface area contributed by atoms with Gasteiger partial charge in [-0.2, -0.15) is 0 Å². The van der Waals surface area contributed by atoms with Gasteiger partial charge in [0.15, 0.2) is 0 Å². The fourth-order valence-electron chi connectivity index (χ4n) is 0.537. The molecule has 4 heteroatoms. The second-order valence-corrected chi connectivity index (χ2v) is 2.74. The van der Waals surface area contributed by atoms with Crippen LogP contribution in [-0.4, -0.2) is 19.0 Å². The molecule has 0 radical (unpaired) electrons. The van der Waals surface area contributed by atoms with Gasteiger partial charge in [0.1, 0.15) is 0 Å². The number of nitrogens with one attached hydrogen (secondary N) is 1. The lowest BCUT2D eigenvalue weighted by Gasteiger charge is -2.05. The maximum absolute atomic E-state index is 10.8. The van der Waals surface area contributed by atoms with Gasteiger partial charge < -0.3 is 11.1 Å². The van der Waals surface area contributed by atoms with E-state index in [1.807, 2.05) is 0 Å². The second kappa shape index (κ2) is 7.82. The standard InChI is InChI=1S/C7H16N2O.ClH/c1-6(2)5-9-7(10)3-4-8;/h6H,3-5,8H2,1-2H3,(H,9,10);1H. The first-order chi connectivity index (χ1) is 4.66. The summed E-state index contributed by atoms with van der Waals surface area (Å²) in [6, 6.07) is 0. The quantitative estimate of drug-likeness (QED) is 0.663. The van der Waals surface area contributed by atoms with Crippen molar-refractivity contribution in [1.82, 2.24) is 5.32 Å². The highest BCUT2D eigenvalue weighted by molar-refractivity contribution is 5.85. The summed E-state index contributed by atoms with van der Waals surface area (Å²) < 4.78 is 0. The molecule has 0 atom stereocenters. The van der Waals surface area contributed by atoms with Crippen LogP contribution in [0.25, 0.3) is 0 Å². The average molecular weight is 181 g/mol. The Bertz CT molecular complexity index is 107. The average Bonchev–Trinajstić information content (AvgIpc) is 1.85. The first-order valence-electron chi connectivity index (χ1n) is 3.63. The highest BCUT2D eigenvalue weighted by Gasteiger charge is 1.98. The molecule has 0 rings (SSSR count). The summed E-state index contributed by atoms with van der Waals surface area (Å²) in [7, 11) is 0. The van der Waals surface area contributed by atoms with E-state index in [-0.39, 0.29) is 18.3 Å². The molecule has 1 amide bonds. The molecule has 3 nitrogen and oxygen atoms in total. The molecule has 0 aliphatic carbocycles. The minimum atomic E-state index is 0. The zero-order valence-electron chi connectivity index (χ0n) is 7.09. The highest BCUT2D eigenvalue weighted by atomic mass is 35.5. The third-order valence-corrected chi connectivity index (χ3v) is 1.08. The van der Waals surface area contributed by atoms with Crippen LogP contribution in [0.15, 0.2) is 0 Å². The van der Waals surface area contributed by atoms with Gasteiger partial charge in [0, 0.05) is 19.5 Å².